The SMILES string of the molecule is O=C([C@H]1[C@@H]2C=C[C@@]3(CN(C4CCCCCC4)C(=O)[C@H]13)O2)N1Cc2ccccc2C1. The molecule has 0 N–H and O–H groups in total. The number of ether oxygens (including phenoxy) is 1. The quantitative estimate of drug-likeness (QED) is 0.574. The third kappa shape index (κ3) is 2.56. The van der Waals surface area contributed by atoms with Crippen LogP contribution in [0.3, 0.4) is 0 Å². The molecule has 3 fully saturated rings. The van der Waals surface area contributed by atoms with Crippen molar-refractivity contribution >= 4 is 11.8 Å². The fraction of sp³-hybridized carbons (Fsp3) is 0.583. The summed E-state index contributed by atoms with van der Waals surface area (Å²) in [4.78, 5) is 31.1. The molecule has 29 heavy (non-hydrogen) atoms. The summed E-state index contributed by atoms with van der Waals surface area (Å²) in [5, 5.41) is 0. The van der Waals surface area contributed by atoms with Gasteiger partial charge < -0.3 is 14.5 Å². The highest BCUT2D eigenvalue weighted by Gasteiger charge is 2.67. The molecule has 1 spiro atoms. The van der Waals surface area contributed by atoms with Crippen LogP contribution in [-0.2, 0) is 27.4 Å². The van der Waals surface area contributed by atoms with E-state index in [1.165, 1.54) is 36.8 Å². The number of benzene rings is 1. The third-order valence-electron chi connectivity index (χ3n) is 7.83. The number of fused-ring (bicyclic) bond motifs is 2. The number of likely N-dealkylation sites (tertiary alicyclic amines) is 1. The Balaban J connectivity index is 1.26. The lowest BCUT2D eigenvalue weighted by Crippen LogP contribution is -2.45. The summed E-state index contributed by atoms with van der Waals surface area (Å²) in [5.74, 6) is -0.494. The Morgan fingerprint density at radius 3 is 2.41 bits per heavy atom. The third-order valence-corrected chi connectivity index (χ3v) is 7.83. The van der Waals surface area contributed by atoms with E-state index in [9.17, 15) is 9.59 Å². The molecule has 0 aromatic heterocycles. The van der Waals surface area contributed by atoms with Crippen molar-refractivity contribution < 1.29 is 14.3 Å². The van der Waals surface area contributed by atoms with Crippen LogP contribution in [-0.4, -0.2) is 45.9 Å². The van der Waals surface area contributed by atoms with Crippen molar-refractivity contribution in [3.05, 3.63) is 47.5 Å². The van der Waals surface area contributed by atoms with Crippen LogP contribution in [0.25, 0.3) is 0 Å². The van der Waals surface area contributed by atoms with Gasteiger partial charge in [0.25, 0.3) is 0 Å². The number of rotatable bonds is 2. The van der Waals surface area contributed by atoms with Crippen LogP contribution in [0.5, 0.6) is 0 Å². The molecule has 1 aromatic carbocycles. The molecule has 1 saturated carbocycles. The maximum atomic E-state index is 13.6. The summed E-state index contributed by atoms with van der Waals surface area (Å²) >= 11 is 0. The van der Waals surface area contributed by atoms with Crippen molar-refractivity contribution in [3.63, 3.8) is 0 Å². The molecule has 5 heteroatoms. The van der Waals surface area contributed by atoms with Crippen molar-refractivity contribution in [1.29, 1.82) is 0 Å². The smallest absolute Gasteiger partial charge is 0.230 e. The highest BCUT2D eigenvalue weighted by molar-refractivity contribution is 5.93. The molecule has 2 saturated heterocycles. The van der Waals surface area contributed by atoms with Gasteiger partial charge in [-0.3, -0.25) is 9.59 Å². The molecular weight excluding hydrogens is 364 g/mol. The molecule has 2 bridgehead atoms. The fourth-order valence-corrected chi connectivity index (χ4v) is 6.39. The van der Waals surface area contributed by atoms with Gasteiger partial charge in [0.05, 0.1) is 24.5 Å². The van der Waals surface area contributed by atoms with E-state index in [2.05, 4.69) is 23.1 Å². The van der Waals surface area contributed by atoms with Crippen LogP contribution < -0.4 is 0 Å². The molecule has 4 atom stereocenters. The van der Waals surface area contributed by atoms with E-state index >= 15 is 0 Å². The van der Waals surface area contributed by atoms with E-state index < -0.39 is 5.60 Å². The van der Waals surface area contributed by atoms with E-state index in [0.717, 1.165) is 12.8 Å². The van der Waals surface area contributed by atoms with E-state index in [4.69, 9.17) is 4.74 Å². The van der Waals surface area contributed by atoms with Gasteiger partial charge in [0, 0.05) is 19.1 Å². The van der Waals surface area contributed by atoms with Gasteiger partial charge in [-0.1, -0.05) is 62.1 Å². The first-order valence-electron chi connectivity index (χ1n) is 11.2. The van der Waals surface area contributed by atoms with Crippen molar-refractivity contribution in [2.24, 2.45) is 11.8 Å². The Morgan fingerprint density at radius 2 is 1.72 bits per heavy atom. The van der Waals surface area contributed by atoms with Gasteiger partial charge in [-0.25, -0.2) is 0 Å². The minimum Gasteiger partial charge on any atom is -0.360 e. The van der Waals surface area contributed by atoms with E-state index in [1.54, 1.807) is 0 Å². The minimum atomic E-state index is -0.582. The predicted octanol–water partition coefficient (Wildman–Crippen LogP) is 3.03. The lowest BCUT2D eigenvalue weighted by atomic mass is 9.76. The van der Waals surface area contributed by atoms with E-state index in [-0.39, 0.29) is 29.8 Å². The number of hydrogen-bond donors (Lipinski definition) is 0. The van der Waals surface area contributed by atoms with Crippen molar-refractivity contribution in [1.82, 2.24) is 9.80 Å². The Hall–Kier alpha value is -2.14. The average Bonchev–Trinajstić information content (AvgIpc) is 3.43. The number of amides is 2. The Morgan fingerprint density at radius 1 is 1.03 bits per heavy atom. The number of hydrogen-bond acceptors (Lipinski definition) is 3. The summed E-state index contributed by atoms with van der Waals surface area (Å²) < 4.78 is 6.36. The first-order chi connectivity index (χ1) is 14.2. The molecule has 4 heterocycles. The van der Waals surface area contributed by atoms with Gasteiger partial charge in [0.2, 0.25) is 11.8 Å². The zero-order valence-corrected chi connectivity index (χ0v) is 16.8. The van der Waals surface area contributed by atoms with Crippen LogP contribution in [0.15, 0.2) is 36.4 Å². The van der Waals surface area contributed by atoms with Gasteiger partial charge in [-0.05, 0) is 24.0 Å². The van der Waals surface area contributed by atoms with Crippen LogP contribution >= 0.6 is 0 Å². The van der Waals surface area contributed by atoms with Crippen molar-refractivity contribution in [2.75, 3.05) is 6.54 Å². The molecule has 6 rings (SSSR count). The Bertz CT molecular complexity index is 863. The molecule has 0 radical (unpaired) electrons. The highest BCUT2D eigenvalue weighted by atomic mass is 16.5. The van der Waals surface area contributed by atoms with Crippen LogP contribution in [0.4, 0.5) is 0 Å². The number of nitrogens with zero attached hydrogens (tertiary/aromatic N) is 2. The number of carbonyl (C=O) groups is 2. The van der Waals surface area contributed by atoms with Crippen LogP contribution in [0.2, 0.25) is 0 Å². The van der Waals surface area contributed by atoms with Crippen LogP contribution in [0.1, 0.15) is 49.7 Å². The second kappa shape index (κ2) is 6.43. The zero-order chi connectivity index (χ0) is 19.6. The summed E-state index contributed by atoms with van der Waals surface area (Å²) in [5.41, 5.74) is 1.85. The van der Waals surface area contributed by atoms with Gasteiger partial charge in [0.15, 0.2) is 0 Å². The largest absolute Gasteiger partial charge is 0.360 e. The molecule has 152 valence electrons. The topological polar surface area (TPSA) is 49.9 Å². The zero-order valence-electron chi connectivity index (χ0n) is 16.8. The fourth-order valence-electron chi connectivity index (χ4n) is 6.39. The van der Waals surface area contributed by atoms with E-state index in [1.807, 2.05) is 23.1 Å². The summed E-state index contributed by atoms with van der Waals surface area (Å²) in [6.07, 6.45) is 11.0. The van der Waals surface area contributed by atoms with Gasteiger partial charge in [-0.15, -0.1) is 0 Å². The van der Waals surface area contributed by atoms with E-state index in [0.29, 0.717) is 25.7 Å². The van der Waals surface area contributed by atoms with Gasteiger partial charge in [0.1, 0.15) is 5.60 Å². The van der Waals surface area contributed by atoms with Gasteiger partial charge in [-0.2, -0.15) is 0 Å². The van der Waals surface area contributed by atoms with Crippen molar-refractivity contribution in [3.8, 4) is 0 Å². The summed E-state index contributed by atoms with van der Waals surface area (Å²) in [6, 6.07) is 8.55. The lowest BCUT2D eigenvalue weighted by molar-refractivity contribution is -0.144. The maximum absolute atomic E-state index is 13.6. The molecule has 1 aliphatic carbocycles. The second-order valence-electron chi connectivity index (χ2n) is 9.47. The first-order valence-corrected chi connectivity index (χ1v) is 11.2. The number of carbonyl (C=O) groups excluding carboxylic acids is 2. The summed E-state index contributed by atoms with van der Waals surface area (Å²) in [6.45, 7) is 1.91. The lowest BCUT2D eigenvalue weighted by Gasteiger charge is -2.30. The highest BCUT2D eigenvalue weighted by Crippen LogP contribution is 2.53. The molecule has 5 aliphatic rings. The summed E-state index contributed by atoms with van der Waals surface area (Å²) in [7, 11) is 0. The van der Waals surface area contributed by atoms with Gasteiger partial charge >= 0.3 is 0 Å². The average molecular weight is 392 g/mol. The standard InChI is InChI=1S/C24H28N2O3/c27-22(25-13-16-7-5-6-8-17(16)14-25)20-19-11-12-24(29-19)15-26(23(28)21(20)24)18-9-3-1-2-4-10-18/h5-8,11-12,18-21H,1-4,9-10,13-15H2/t19-,20-,21-,24-/m0/s1. The molecular formula is C24H28N2O3. The minimum absolute atomic E-state index is 0.0819. The normalized spacial score (nSPS) is 35.9. The predicted molar refractivity (Wildman–Crippen MR) is 108 cm³/mol. The van der Waals surface area contributed by atoms with Crippen LogP contribution in [0, 0.1) is 11.8 Å². The first kappa shape index (κ1) is 17.7. The second-order valence-corrected chi connectivity index (χ2v) is 9.47. The Labute approximate surface area is 171 Å². The molecule has 0 unspecified atom stereocenters. The molecule has 5 nitrogen and oxygen atoms in total. The molecule has 1 aromatic rings. The molecule has 4 aliphatic heterocycles. The maximum Gasteiger partial charge on any atom is 0.230 e. The molecule has 2 amide bonds. The monoisotopic (exact) mass is 392 g/mol. The Kier molecular flexibility index (Phi) is 3.92. The van der Waals surface area contributed by atoms with Crippen molar-refractivity contribution in [2.45, 2.75) is 69.4 Å².